The molecule has 74 valence electrons. The molecule has 13 heavy (non-hydrogen) atoms. The Labute approximate surface area is 77.9 Å². The highest BCUT2D eigenvalue weighted by molar-refractivity contribution is 6.34. The summed E-state index contributed by atoms with van der Waals surface area (Å²) in [6, 6.07) is 0.133. The summed E-state index contributed by atoms with van der Waals surface area (Å²) in [5.41, 5.74) is 4.85. The molecular weight excluding hydrogens is 168 g/mol. The maximum atomic E-state index is 11.0. The van der Waals surface area contributed by atoms with Gasteiger partial charge in [-0.25, -0.2) is 0 Å². The molecule has 2 amide bonds. The van der Waals surface area contributed by atoms with Crippen LogP contribution < -0.4 is 11.1 Å². The molecule has 0 bridgehead atoms. The normalized spacial score (nSPS) is 28.1. The molecule has 0 unspecified atom stereocenters. The predicted molar refractivity (Wildman–Crippen MR) is 48.8 cm³/mol. The van der Waals surface area contributed by atoms with Gasteiger partial charge in [0.2, 0.25) is 0 Å². The molecule has 1 rings (SSSR count). The number of carbonyl (C=O) groups excluding carboxylic acids is 2. The minimum Gasteiger partial charge on any atom is -0.361 e. The molecule has 0 spiro atoms. The van der Waals surface area contributed by atoms with E-state index in [4.69, 9.17) is 5.73 Å². The van der Waals surface area contributed by atoms with Gasteiger partial charge in [0.05, 0.1) is 0 Å². The van der Waals surface area contributed by atoms with Gasteiger partial charge in [0.1, 0.15) is 0 Å². The topological polar surface area (TPSA) is 72.2 Å². The Morgan fingerprint density at radius 3 is 2.46 bits per heavy atom. The van der Waals surface area contributed by atoms with Crippen LogP contribution in [0.5, 0.6) is 0 Å². The van der Waals surface area contributed by atoms with Gasteiger partial charge < -0.3 is 11.1 Å². The monoisotopic (exact) mass is 184 g/mol. The average Bonchev–Trinajstić information content (AvgIpc) is 2.08. The van der Waals surface area contributed by atoms with Crippen LogP contribution in [-0.2, 0) is 9.59 Å². The number of carbonyl (C=O) groups is 2. The zero-order chi connectivity index (χ0) is 9.84. The molecule has 2 atom stereocenters. The molecule has 0 aliphatic heterocycles. The summed E-state index contributed by atoms with van der Waals surface area (Å²) in [5.74, 6) is -1.09. The van der Waals surface area contributed by atoms with Gasteiger partial charge in [-0.05, 0) is 18.8 Å². The SMILES string of the molecule is C[C@@H]1CCCC[C@H]1NC(=O)C(N)=O. The van der Waals surface area contributed by atoms with Crippen LogP contribution in [0.2, 0.25) is 0 Å². The molecule has 0 aromatic rings. The lowest BCUT2D eigenvalue weighted by Crippen LogP contribution is -2.46. The first-order chi connectivity index (χ1) is 6.11. The van der Waals surface area contributed by atoms with Crippen LogP contribution in [0.15, 0.2) is 0 Å². The van der Waals surface area contributed by atoms with Crippen molar-refractivity contribution in [1.82, 2.24) is 5.32 Å². The van der Waals surface area contributed by atoms with Gasteiger partial charge in [-0.2, -0.15) is 0 Å². The van der Waals surface area contributed by atoms with Crippen molar-refractivity contribution in [3.05, 3.63) is 0 Å². The van der Waals surface area contributed by atoms with Gasteiger partial charge in [-0.1, -0.05) is 19.8 Å². The molecule has 0 aromatic carbocycles. The number of hydrogen-bond acceptors (Lipinski definition) is 2. The van der Waals surface area contributed by atoms with E-state index in [1.807, 2.05) is 0 Å². The Morgan fingerprint density at radius 2 is 1.92 bits per heavy atom. The standard InChI is InChI=1S/C9H16N2O2/c1-6-4-2-3-5-7(6)11-9(13)8(10)12/h6-7H,2-5H2,1H3,(H2,10,12)(H,11,13)/t6-,7-/m1/s1. The van der Waals surface area contributed by atoms with E-state index in [0.29, 0.717) is 5.92 Å². The van der Waals surface area contributed by atoms with Crippen LogP contribution in [0.1, 0.15) is 32.6 Å². The molecule has 3 N–H and O–H groups in total. The average molecular weight is 184 g/mol. The Balaban J connectivity index is 2.42. The smallest absolute Gasteiger partial charge is 0.309 e. The van der Waals surface area contributed by atoms with Crippen LogP contribution in [0.4, 0.5) is 0 Å². The van der Waals surface area contributed by atoms with Gasteiger partial charge in [-0.3, -0.25) is 9.59 Å². The first kappa shape index (κ1) is 10.0. The molecule has 0 radical (unpaired) electrons. The molecule has 0 heterocycles. The number of nitrogens with two attached hydrogens (primary N) is 1. The predicted octanol–water partition coefficient (Wildman–Crippen LogP) is 0.167. The third kappa shape index (κ3) is 2.72. The lowest BCUT2D eigenvalue weighted by atomic mass is 9.86. The summed E-state index contributed by atoms with van der Waals surface area (Å²) in [6.07, 6.45) is 4.40. The Morgan fingerprint density at radius 1 is 1.31 bits per heavy atom. The molecule has 4 heteroatoms. The first-order valence-corrected chi connectivity index (χ1v) is 4.71. The second kappa shape index (κ2) is 4.25. The summed E-state index contributed by atoms with van der Waals surface area (Å²) in [5, 5.41) is 2.65. The van der Waals surface area contributed by atoms with Crippen molar-refractivity contribution in [3.63, 3.8) is 0 Å². The molecule has 1 aliphatic carbocycles. The summed E-state index contributed by atoms with van der Waals surface area (Å²) in [6.45, 7) is 2.09. The zero-order valence-electron chi connectivity index (χ0n) is 7.88. The van der Waals surface area contributed by atoms with E-state index in [-0.39, 0.29) is 6.04 Å². The van der Waals surface area contributed by atoms with Gasteiger partial charge in [0, 0.05) is 6.04 Å². The second-order valence-corrected chi connectivity index (χ2v) is 3.71. The number of hydrogen-bond donors (Lipinski definition) is 2. The van der Waals surface area contributed by atoms with Crippen molar-refractivity contribution >= 4 is 11.8 Å². The van der Waals surface area contributed by atoms with E-state index in [2.05, 4.69) is 12.2 Å². The number of nitrogens with one attached hydrogen (secondary N) is 1. The van der Waals surface area contributed by atoms with Crippen molar-refractivity contribution < 1.29 is 9.59 Å². The summed E-state index contributed by atoms with van der Waals surface area (Å²) >= 11 is 0. The van der Waals surface area contributed by atoms with Gasteiger partial charge in [0.15, 0.2) is 0 Å². The summed E-state index contributed by atoms with van der Waals surface area (Å²) in [7, 11) is 0. The number of primary amides is 1. The van der Waals surface area contributed by atoms with Crippen molar-refractivity contribution in [2.45, 2.75) is 38.6 Å². The van der Waals surface area contributed by atoms with Crippen molar-refractivity contribution in [2.75, 3.05) is 0 Å². The van der Waals surface area contributed by atoms with Crippen molar-refractivity contribution in [2.24, 2.45) is 11.7 Å². The highest BCUT2D eigenvalue weighted by Crippen LogP contribution is 2.23. The maximum absolute atomic E-state index is 11.0. The summed E-state index contributed by atoms with van der Waals surface area (Å²) < 4.78 is 0. The van der Waals surface area contributed by atoms with Gasteiger partial charge in [0.25, 0.3) is 0 Å². The second-order valence-electron chi connectivity index (χ2n) is 3.71. The number of amides is 2. The highest BCUT2D eigenvalue weighted by Gasteiger charge is 2.24. The lowest BCUT2D eigenvalue weighted by Gasteiger charge is -2.28. The quantitative estimate of drug-likeness (QED) is 0.570. The minimum atomic E-state index is -0.891. The summed E-state index contributed by atoms with van der Waals surface area (Å²) in [4.78, 5) is 21.5. The Bertz CT molecular complexity index is 216. The van der Waals surface area contributed by atoms with Crippen LogP contribution >= 0.6 is 0 Å². The van der Waals surface area contributed by atoms with E-state index >= 15 is 0 Å². The van der Waals surface area contributed by atoms with Gasteiger partial charge in [-0.15, -0.1) is 0 Å². The van der Waals surface area contributed by atoms with E-state index in [9.17, 15) is 9.59 Å². The molecule has 0 aromatic heterocycles. The van der Waals surface area contributed by atoms with E-state index in [1.54, 1.807) is 0 Å². The van der Waals surface area contributed by atoms with Crippen LogP contribution in [0.3, 0.4) is 0 Å². The lowest BCUT2D eigenvalue weighted by molar-refractivity contribution is -0.138. The third-order valence-corrected chi connectivity index (χ3v) is 2.65. The minimum absolute atomic E-state index is 0.133. The van der Waals surface area contributed by atoms with Crippen LogP contribution in [-0.4, -0.2) is 17.9 Å². The molecule has 0 saturated heterocycles. The number of rotatable bonds is 1. The third-order valence-electron chi connectivity index (χ3n) is 2.65. The molecule has 4 nitrogen and oxygen atoms in total. The van der Waals surface area contributed by atoms with E-state index in [0.717, 1.165) is 19.3 Å². The zero-order valence-corrected chi connectivity index (χ0v) is 7.88. The van der Waals surface area contributed by atoms with Crippen molar-refractivity contribution in [3.8, 4) is 0 Å². The van der Waals surface area contributed by atoms with Crippen LogP contribution in [0, 0.1) is 5.92 Å². The first-order valence-electron chi connectivity index (χ1n) is 4.71. The molecule has 1 fully saturated rings. The fourth-order valence-electron chi connectivity index (χ4n) is 1.77. The maximum Gasteiger partial charge on any atom is 0.309 e. The Hall–Kier alpha value is -1.06. The Kier molecular flexibility index (Phi) is 3.28. The molecular formula is C9H16N2O2. The van der Waals surface area contributed by atoms with Crippen molar-refractivity contribution in [1.29, 1.82) is 0 Å². The van der Waals surface area contributed by atoms with E-state index in [1.165, 1.54) is 6.42 Å². The fraction of sp³-hybridized carbons (Fsp3) is 0.778. The molecule has 1 saturated carbocycles. The molecule has 1 aliphatic rings. The highest BCUT2D eigenvalue weighted by atomic mass is 16.2. The largest absolute Gasteiger partial charge is 0.361 e. The van der Waals surface area contributed by atoms with Gasteiger partial charge >= 0.3 is 11.8 Å². The van der Waals surface area contributed by atoms with Crippen LogP contribution in [0.25, 0.3) is 0 Å². The van der Waals surface area contributed by atoms with E-state index < -0.39 is 11.8 Å². The fourth-order valence-corrected chi connectivity index (χ4v) is 1.77.